The molecule has 0 fully saturated rings. The van der Waals surface area contributed by atoms with E-state index < -0.39 is 5.91 Å². The number of nitrogens with zero attached hydrogens (tertiary/aromatic N) is 4. The van der Waals surface area contributed by atoms with Crippen molar-refractivity contribution in [3.05, 3.63) is 59.9 Å². The molecule has 3 rings (SSSR count). The molecule has 0 radical (unpaired) electrons. The zero-order chi connectivity index (χ0) is 19.2. The van der Waals surface area contributed by atoms with Gasteiger partial charge in [-0.25, -0.2) is 4.39 Å². The number of halogens is 1. The van der Waals surface area contributed by atoms with Gasteiger partial charge in [-0.2, -0.15) is 4.80 Å². The fraction of sp³-hybridized carbons (Fsp3) is 0.118. The molecule has 1 heterocycles. The predicted molar refractivity (Wildman–Crippen MR) is 102 cm³/mol. The SMILES string of the molecule is Cc1cccc(NC(=S)NNC(=O)Cn2nnc(-c3ccc(F)cc3)n2)c1. The van der Waals surface area contributed by atoms with E-state index >= 15 is 0 Å². The van der Waals surface area contributed by atoms with Crippen molar-refractivity contribution >= 4 is 28.9 Å². The molecule has 0 aliphatic heterocycles. The molecule has 138 valence electrons. The molecule has 0 atom stereocenters. The van der Waals surface area contributed by atoms with Crippen LogP contribution in [-0.4, -0.2) is 31.2 Å². The van der Waals surface area contributed by atoms with Gasteiger partial charge in [-0.05, 0) is 66.3 Å². The first-order valence-electron chi connectivity index (χ1n) is 7.96. The highest BCUT2D eigenvalue weighted by Gasteiger charge is 2.09. The summed E-state index contributed by atoms with van der Waals surface area (Å²) in [6.45, 7) is 1.81. The molecular formula is C17H16FN7OS. The maximum absolute atomic E-state index is 12.9. The maximum atomic E-state index is 12.9. The lowest BCUT2D eigenvalue weighted by atomic mass is 10.2. The van der Waals surface area contributed by atoms with Crippen molar-refractivity contribution in [2.24, 2.45) is 0 Å². The summed E-state index contributed by atoms with van der Waals surface area (Å²) >= 11 is 5.12. The average Bonchev–Trinajstić information content (AvgIpc) is 3.09. The second-order valence-corrected chi connectivity index (χ2v) is 6.06. The van der Waals surface area contributed by atoms with Gasteiger partial charge in [-0.1, -0.05) is 12.1 Å². The van der Waals surface area contributed by atoms with E-state index in [-0.39, 0.29) is 17.5 Å². The van der Waals surface area contributed by atoms with E-state index in [1.807, 2.05) is 31.2 Å². The van der Waals surface area contributed by atoms with Gasteiger partial charge >= 0.3 is 0 Å². The molecule has 0 saturated heterocycles. The lowest BCUT2D eigenvalue weighted by molar-refractivity contribution is -0.122. The Morgan fingerprint density at radius 1 is 1.19 bits per heavy atom. The van der Waals surface area contributed by atoms with Crippen LogP contribution in [-0.2, 0) is 11.3 Å². The zero-order valence-electron chi connectivity index (χ0n) is 14.3. The van der Waals surface area contributed by atoms with Gasteiger partial charge in [0.2, 0.25) is 5.82 Å². The molecular weight excluding hydrogens is 369 g/mol. The smallest absolute Gasteiger partial charge is 0.262 e. The van der Waals surface area contributed by atoms with Gasteiger partial charge < -0.3 is 5.32 Å². The van der Waals surface area contributed by atoms with E-state index in [0.29, 0.717) is 11.4 Å². The highest BCUT2D eigenvalue weighted by atomic mass is 32.1. The number of hydrazine groups is 1. The largest absolute Gasteiger partial charge is 0.331 e. The Morgan fingerprint density at radius 2 is 1.96 bits per heavy atom. The number of rotatable bonds is 4. The van der Waals surface area contributed by atoms with Crippen molar-refractivity contribution in [1.29, 1.82) is 0 Å². The Hall–Kier alpha value is -3.40. The Kier molecular flexibility index (Phi) is 5.67. The van der Waals surface area contributed by atoms with Crippen LogP contribution in [0.15, 0.2) is 48.5 Å². The number of thiocarbonyl (C=S) groups is 1. The summed E-state index contributed by atoms with van der Waals surface area (Å²) in [5, 5.41) is 14.9. The Balaban J connectivity index is 1.49. The number of carbonyl (C=O) groups excluding carboxylic acids is 1. The average molecular weight is 385 g/mol. The van der Waals surface area contributed by atoms with Crippen molar-refractivity contribution in [3.63, 3.8) is 0 Å². The number of hydrogen-bond donors (Lipinski definition) is 3. The van der Waals surface area contributed by atoms with Crippen LogP contribution in [0.3, 0.4) is 0 Å². The van der Waals surface area contributed by atoms with E-state index in [0.717, 1.165) is 16.0 Å². The van der Waals surface area contributed by atoms with Crippen LogP contribution in [0.4, 0.5) is 10.1 Å². The Labute approximate surface area is 159 Å². The molecule has 0 unspecified atom stereocenters. The minimum atomic E-state index is -0.411. The van der Waals surface area contributed by atoms with Crippen LogP contribution in [0.1, 0.15) is 5.56 Å². The minimum absolute atomic E-state index is 0.158. The molecule has 1 amide bonds. The number of aromatic nitrogens is 4. The van der Waals surface area contributed by atoms with E-state index in [1.165, 1.54) is 24.3 Å². The molecule has 0 aliphatic rings. The number of aryl methyl sites for hydroxylation is 1. The number of tetrazole rings is 1. The molecule has 1 aromatic heterocycles. The lowest BCUT2D eigenvalue weighted by Crippen LogP contribution is -2.45. The summed E-state index contributed by atoms with van der Waals surface area (Å²) in [4.78, 5) is 13.1. The normalized spacial score (nSPS) is 10.3. The Morgan fingerprint density at radius 3 is 2.70 bits per heavy atom. The van der Waals surface area contributed by atoms with Crippen molar-refractivity contribution < 1.29 is 9.18 Å². The highest BCUT2D eigenvalue weighted by Crippen LogP contribution is 2.13. The molecule has 8 nitrogen and oxygen atoms in total. The van der Waals surface area contributed by atoms with Gasteiger partial charge in [0.15, 0.2) is 5.11 Å². The van der Waals surface area contributed by atoms with Crippen LogP contribution in [0.5, 0.6) is 0 Å². The van der Waals surface area contributed by atoms with E-state index in [9.17, 15) is 9.18 Å². The topological polar surface area (TPSA) is 96.8 Å². The van der Waals surface area contributed by atoms with Crippen molar-refractivity contribution in [1.82, 2.24) is 31.1 Å². The molecule has 0 aliphatic carbocycles. The molecule has 0 bridgehead atoms. The summed E-state index contributed by atoms with van der Waals surface area (Å²) in [5.41, 5.74) is 7.55. The Bertz CT molecular complexity index is 958. The summed E-state index contributed by atoms with van der Waals surface area (Å²) in [6, 6.07) is 13.3. The van der Waals surface area contributed by atoms with Gasteiger partial charge in [0, 0.05) is 11.3 Å². The molecule has 2 aromatic carbocycles. The number of nitrogens with one attached hydrogen (secondary N) is 3. The second kappa shape index (κ2) is 8.32. The first-order chi connectivity index (χ1) is 13.0. The fourth-order valence-electron chi connectivity index (χ4n) is 2.20. The zero-order valence-corrected chi connectivity index (χ0v) is 15.1. The third kappa shape index (κ3) is 5.28. The first kappa shape index (κ1) is 18.4. The number of hydrogen-bond acceptors (Lipinski definition) is 5. The van der Waals surface area contributed by atoms with Crippen molar-refractivity contribution in [2.45, 2.75) is 13.5 Å². The number of anilines is 1. The van der Waals surface area contributed by atoms with Crippen LogP contribution in [0.25, 0.3) is 11.4 Å². The third-order valence-electron chi connectivity index (χ3n) is 3.43. The summed E-state index contributed by atoms with van der Waals surface area (Å²) < 4.78 is 12.9. The number of amides is 1. The maximum Gasteiger partial charge on any atom is 0.262 e. The van der Waals surface area contributed by atoms with E-state index in [1.54, 1.807) is 0 Å². The summed E-state index contributed by atoms with van der Waals surface area (Å²) in [7, 11) is 0. The lowest BCUT2D eigenvalue weighted by Gasteiger charge is -2.11. The molecule has 0 saturated carbocycles. The van der Waals surface area contributed by atoms with Crippen molar-refractivity contribution in [3.8, 4) is 11.4 Å². The standard InChI is InChI=1S/C17H16FN7OS/c1-11-3-2-4-14(9-11)19-17(27)22-20-15(26)10-25-23-16(21-24-25)12-5-7-13(18)8-6-12/h2-9H,10H2,1H3,(H,20,26)(H2,19,22,27). The molecule has 27 heavy (non-hydrogen) atoms. The van der Waals surface area contributed by atoms with Gasteiger partial charge in [-0.3, -0.25) is 15.6 Å². The molecule has 10 heteroatoms. The molecule has 3 aromatic rings. The van der Waals surface area contributed by atoms with Crippen LogP contribution < -0.4 is 16.2 Å². The van der Waals surface area contributed by atoms with Crippen molar-refractivity contribution in [2.75, 3.05) is 5.32 Å². The first-order valence-corrected chi connectivity index (χ1v) is 8.37. The van der Waals surface area contributed by atoms with Crippen LogP contribution in [0.2, 0.25) is 0 Å². The quantitative estimate of drug-likeness (QED) is 0.465. The molecule has 0 spiro atoms. The third-order valence-corrected chi connectivity index (χ3v) is 3.64. The second-order valence-electron chi connectivity index (χ2n) is 5.65. The highest BCUT2D eigenvalue weighted by molar-refractivity contribution is 7.80. The predicted octanol–water partition coefficient (Wildman–Crippen LogP) is 1.81. The fourth-order valence-corrected chi connectivity index (χ4v) is 2.37. The molecule has 3 N–H and O–H groups in total. The number of benzene rings is 2. The number of carbonyl (C=O) groups is 1. The van der Waals surface area contributed by atoms with Gasteiger partial charge in [0.05, 0.1) is 0 Å². The minimum Gasteiger partial charge on any atom is -0.331 e. The van der Waals surface area contributed by atoms with Gasteiger partial charge in [0.25, 0.3) is 5.91 Å². The van der Waals surface area contributed by atoms with Gasteiger partial charge in [0.1, 0.15) is 12.4 Å². The van der Waals surface area contributed by atoms with E-state index in [4.69, 9.17) is 12.2 Å². The van der Waals surface area contributed by atoms with Crippen LogP contribution >= 0.6 is 12.2 Å². The van der Waals surface area contributed by atoms with Gasteiger partial charge in [-0.15, -0.1) is 10.2 Å². The summed E-state index contributed by atoms with van der Waals surface area (Å²) in [5.74, 6) is -0.467. The monoisotopic (exact) mass is 385 g/mol. The van der Waals surface area contributed by atoms with Crippen LogP contribution in [0, 0.1) is 12.7 Å². The van der Waals surface area contributed by atoms with E-state index in [2.05, 4.69) is 31.6 Å². The summed E-state index contributed by atoms with van der Waals surface area (Å²) in [6.07, 6.45) is 0.